The van der Waals surface area contributed by atoms with E-state index in [0.717, 1.165) is 25.2 Å². The number of nitrogens with zero attached hydrogens (tertiary/aromatic N) is 2. The van der Waals surface area contributed by atoms with Crippen LogP contribution in [0.4, 0.5) is 0 Å². The Hall–Kier alpha value is -0.970. The van der Waals surface area contributed by atoms with E-state index >= 15 is 0 Å². The van der Waals surface area contributed by atoms with Gasteiger partial charge in [-0.1, -0.05) is 43.4 Å². The van der Waals surface area contributed by atoms with Crippen molar-refractivity contribution in [2.75, 3.05) is 26.2 Å². The highest BCUT2D eigenvalue weighted by Crippen LogP contribution is 2.12. The third-order valence-corrected chi connectivity index (χ3v) is 4.50. The van der Waals surface area contributed by atoms with E-state index in [0.29, 0.717) is 11.0 Å². The molecule has 20 heavy (non-hydrogen) atoms. The van der Waals surface area contributed by atoms with Gasteiger partial charge in [-0.15, -0.1) is 0 Å². The Balaban J connectivity index is 1.84. The summed E-state index contributed by atoms with van der Waals surface area (Å²) in [7, 11) is 0. The number of nitrogens with two attached hydrogens (primary N) is 1. The predicted molar refractivity (Wildman–Crippen MR) is 88.9 cm³/mol. The zero-order valence-electron chi connectivity index (χ0n) is 12.5. The van der Waals surface area contributed by atoms with Gasteiger partial charge < -0.3 is 5.73 Å². The molecule has 1 saturated heterocycles. The molecule has 4 heteroatoms. The minimum atomic E-state index is 0.471. The molecule has 1 fully saturated rings. The van der Waals surface area contributed by atoms with Crippen molar-refractivity contribution in [3.05, 3.63) is 35.4 Å². The van der Waals surface area contributed by atoms with Crippen LogP contribution in [0.5, 0.6) is 0 Å². The fourth-order valence-electron chi connectivity index (χ4n) is 2.65. The highest BCUT2D eigenvalue weighted by Gasteiger charge is 2.19. The van der Waals surface area contributed by atoms with Crippen LogP contribution in [-0.4, -0.2) is 47.0 Å². The molecule has 1 aliphatic rings. The lowest BCUT2D eigenvalue weighted by Gasteiger charge is -2.37. The minimum Gasteiger partial charge on any atom is -0.389 e. The average Bonchev–Trinajstić information content (AvgIpc) is 2.48. The molecule has 1 aromatic rings. The highest BCUT2D eigenvalue weighted by atomic mass is 32.1. The van der Waals surface area contributed by atoms with Gasteiger partial charge in [0.05, 0.1) is 0 Å². The zero-order chi connectivity index (χ0) is 14.5. The molecular weight excluding hydrogens is 266 g/mol. The quantitative estimate of drug-likeness (QED) is 0.843. The van der Waals surface area contributed by atoms with Crippen LogP contribution < -0.4 is 5.73 Å². The first-order valence-corrected chi connectivity index (χ1v) is 7.86. The number of benzene rings is 1. The summed E-state index contributed by atoms with van der Waals surface area (Å²) in [5, 5.41) is 0. The number of thiocarbonyl (C=S) groups is 1. The number of hydrogen-bond acceptors (Lipinski definition) is 3. The SMILES string of the molecule is CCC(C)N1CCN(Cc2ccc(C(N)=S)cc2)CC1. The maximum atomic E-state index is 5.62. The summed E-state index contributed by atoms with van der Waals surface area (Å²) in [4.78, 5) is 5.58. The van der Waals surface area contributed by atoms with Crippen molar-refractivity contribution >= 4 is 17.2 Å². The molecule has 0 saturated carbocycles. The molecule has 2 N–H and O–H groups in total. The third-order valence-electron chi connectivity index (χ3n) is 4.27. The fourth-order valence-corrected chi connectivity index (χ4v) is 2.79. The van der Waals surface area contributed by atoms with E-state index in [-0.39, 0.29) is 0 Å². The monoisotopic (exact) mass is 291 g/mol. The molecule has 0 radical (unpaired) electrons. The summed E-state index contributed by atoms with van der Waals surface area (Å²) >= 11 is 4.98. The van der Waals surface area contributed by atoms with Crippen molar-refractivity contribution in [3.8, 4) is 0 Å². The predicted octanol–water partition coefficient (Wildman–Crippen LogP) is 2.24. The molecular formula is C16H25N3S. The Bertz CT molecular complexity index is 436. The minimum absolute atomic E-state index is 0.471. The fraction of sp³-hybridized carbons (Fsp3) is 0.562. The second kappa shape index (κ2) is 7.16. The second-order valence-corrected chi connectivity index (χ2v) is 6.07. The maximum absolute atomic E-state index is 5.62. The molecule has 1 aromatic carbocycles. The molecule has 110 valence electrons. The van der Waals surface area contributed by atoms with E-state index in [1.807, 2.05) is 12.1 Å². The first kappa shape index (κ1) is 15.4. The summed E-state index contributed by atoms with van der Waals surface area (Å²) in [6.07, 6.45) is 1.24. The summed E-state index contributed by atoms with van der Waals surface area (Å²) in [6, 6.07) is 9.02. The molecule has 1 unspecified atom stereocenters. The first-order valence-electron chi connectivity index (χ1n) is 7.45. The lowest BCUT2D eigenvalue weighted by molar-refractivity contribution is 0.0964. The summed E-state index contributed by atoms with van der Waals surface area (Å²) in [5.41, 5.74) is 7.90. The van der Waals surface area contributed by atoms with Crippen molar-refractivity contribution in [1.82, 2.24) is 9.80 Å². The topological polar surface area (TPSA) is 32.5 Å². The first-order chi connectivity index (χ1) is 9.60. The molecule has 0 amide bonds. The number of rotatable bonds is 5. The van der Waals surface area contributed by atoms with E-state index in [4.69, 9.17) is 18.0 Å². The van der Waals surface area contributed by atoms with E-state index in [2.05, 4.69) is 35.8 Å². The van der Waals surface area contributed by atoms with Gasteiger partial charge >= 0.3 is 0 Å². The van der Waals surface area contributed by atoms with E-state index in [1.54, 1.807) is 0 Å². The lowest BCUT2D eigenvalue weighted by atomic mass is 10.1. The van der Waals surface area contributed by atoms with Crippen molar-refractivity contribution in [2.24, 2.45) is 5.73 Å². The van der Waals surface area contributed by atoms with Crippen LogP contribution in [0.25, 0.3) is 0 Å². The molecule has 0 aromatic heterocycles. The highest BCUT2D eigenvalue weighted by molar-refractivity contribution is 7.80. The Labute approximate surface area is 127 Å². The number of piperazine rings is 1. The Morgan fingerprint density at radius 1 is 1.20 bits per heavy atom. The largest absolute Gasteiger partial charge is 0.389 e. The Morgan fingerprint density at radius 3 is 2.30 bits per heavy atom. The van der Waals surface area contributed by atoms with Crippen LogP contribution >= 0.6 is 12.2 Å². The van der Waals surface area contributed by atoms with Gasteiger partial charge in [-0.05, 0) is 18.9 Å². The molecule has 0 bridgehead atoms. The van der Waals surface area contributed by atoms with Crippen molar-refractivity contribution in [2.45, 2.75) is 32.9 Å². The maximum Gasteiger partial charge on any atom is 0.103 e. The van der Waals surface area contributed by atoms with Crippen LogP contribution in [0.1, 0.15) is 31.4 Å². The number of hydrogen-bond donors (Lipinski definition) is 1. The smallest absolute Gasteiger partial charge is 0.103 e. The van der Waals surface area contributed by atoms with E-state index < -0.39 is 0 Å². The van der Waals surface area contributed by atoms with Crippen LogP contribution in [0.3, 0.4) is 0 Å². The van der Waals surface area contributed by atoms with Gasteiger partial charge in [0.1, 0.15) is 4.99 Å². The van der Waals surface area contributed by atoms with Gasteiger partial charge in [0.25, 0.3) is 0 Å². The van der Waals surface area contributed by atoms with Crippen molar-refractivity contribution < 1.29 is 0 Å². The molecule has 3 nitrogen and oxygen atoms in total. The van der Waals surface area contributed by atoms with E-state index in [9.17, 15) is 0 Å². The molecule has 2 rings (SSSR count). The summed E-state index contributed by atoms with van der Waals surface area (Å²) in [5.74, 6) is 0. The van der Waals surface area contributed by atoms with Crippen LogP contribution in [-0.2, 0) is 6.54 Å². The van der Waals surface area contributed by atoms with Gasteiger partial charge in [0.2, 0.25) is 0 Å². The molecule has 0 aliphatic carbocycles. The molecule has 1 aliphatic heterocycles. The Morgan fingerprint density at radius 2 is 1.80 bits per heavy atom. The second-order valence-electron chi connectivity index (χ2n) is 5.63. The van der Waals surface area contributed by atoms with Crippen LogP contribution in [0, 0.1) is 0 Å². The van der Waals surface area contributed by atoms with Gasteiger partial charge in [0.15, 0.2) is 0 Å². The average molecular weight is 291 g/mol. The Kier molecular flexibility index (Phi) is 5.52. The summed E-state index contributed by atoms with van der Waals surface area (Å²) in [6.45, 7) is 10.3. The van der Waals surface area contributed by atoms with Gasteiger partial charge in [-0.3, -0.25) is 9.80 Å². The van der Waals surface area contributed by atoms with Crippen LogP contribution in [0.2, 0.25) is 0 Å². The molecule has 0 spiro atoms. The summed E-state index contributed by atoms with van der Waals surface area (Å²) < 4.78 is 0. The van der Waals surface area contributed by atoms with Crippen LogP contribution in [0.15, 0.2) is 24.3 Å². The van der Waals surface area contributed by atoms with Gasteiger partial charge in [-0.25, -0.2) is 0 Å². The van der Waals surface area contributed by atoms with E-state index in [1.165, 1.54) is 25.1 Å². The third kappa shape index (κ3) is 4.01. The standard InChI is InChI=1S/C16H25N3S/c1-3-13(2)19-10-8-18(9-11-19)12-14-4-6-15(7-5-14)16(17)20/h4-7,13H,3,8-12H2,1-2H3,(H2,17,20). The molecule has 1 heterocycles. The van der Waals surface area contributed by atoms with Gasteiger partial charge in [0, 0.05) is 44.3 Å². The van der Waals surface area contributed by atoms with Gasteiger partial charge in [-0.2, -0.15) is 0 Å². The van der Waals surface area contributed by atoms with Crippen molar-refractivity contribution in [3.63, 3.8) is 0 Å². The lowest BCUT2D eigenvalue weighted by Crippen LogP contribution is -2.48. The normalized spacial score (nSPS) is 18.9. The van der Waals surface area contributed by atoms with Crippen molar-refractivity contribution in [1.29, 1.82) is 0 Å². The zero-order valence-corrected chi connectivity index (χ0v) is 13.3. The molecule has 1 atom stereocenters.